The molecule has 0 spiro atoms. The van der Waals surface area contributed by atoms with Crippen molar-refractivity contribution in [2.75, 3.05) is 0 Å². The molecule has 0 amide bonds. The molecule has 4 nitrogen and oxygen atoms in total. The van der Waals surface area contributed by atoms with E-state index >= 15 is 0 Å². The van der Waals surface area contributed by atoms with Crippen LogP contribution in [0, 0.1) is 18.3 Å². The highest BCUT2D eigenvalue weighted by Crippen LogP contribution is 2.43. The van der Waals surface area contributed by atoms with Gasteiger partial charge < -0.3 is 5.11 Å². The van der Waals surface area contributed by atoms with Crippen LogP contribution in [0.4, 0.5) is 0 Å². The molecule has 106 valence electrons. The number of rotatable bonds is 1. The van der Waals surface area contributed by atoms with Gasteiger partial charge in [0.1, 0.15) is 0 Å². The Morgan fingerprint density at radius 1 is 1.37 bits per heavy atom. The number of aryl methyl sites for hydroxylation is 1. The second kappa shape index (κ2) is 5.08. The highest BCUT2D eigenvalue weighted by Gasteiger charge is 2.38. The van der Waals surface area contributed by atoms with Crippen LogP contribution in [0.1, 0.15) is 51.6 Å². The van der Waals surface area contributed by atoms with E-state index < -0.39 is 0 Å². The molecule has 1 N–H and O–H groups in total. The lowest BCUT2D eigenvalue weighted by molar-refractivity contribution is 0.0234. The quantitative estimate of drug-likeness (QED) is 0.846. The molecular formula is C15H24N2O2. The van der Waals surface area contributed by atoms with E-state index in [4.69, 9.17) is 0 Å². The van der Waals surface area contributed by atoms with E-state index in [0.29, 0.717) is 12.3 Å². The lowest BCUT2D eigenvalue weighted by Crippen LogP contribution is -2.41. The average Bonchev–Trinajstić information content (AvgIpc) is 2.27. The predicted molar refractivity (Wildman–Crippen MR) is 75.1 cm³/mol. The maximum Gasteiger partial charge on any atom is 0.267 e. The molecule has 0 bridgehead atoms. The van der Waals surface area contributed by atoms with Crippen LogP contribution in [0.5, 0.6) is 0 Å². The van der Waals surface area contributed by atoms with Crippen molar-refractivity contribution in [3.63, 3.8) is 0 Å². The smallest absolute Gasteiger partial charge is 0.267 e. The van der Waals surface area contributed by atoms with Crippen LogP contribution in [0.3, 0.4) is 0 Å². The Kier molecular flexibility index (Phi) is 3.81. The van der Waals surface area contributed by atoms with Gasteiger partial charge in [-0.3, -0.25) is 4.79 Å². The van der Waals surface area contributed by atoms with Crippen LogP contribution in [0.2, 0.25) is 0 Å². The van der Waals surface area contributed by atoms with Crippen molar-refractivity contribution < 1.29 is 5.11 Å². The zero-order valence-corrected chi connectivity index (χ0v) is 12.3. The highest BCUT2D eigenvalue weighted by molar-refractivity contribution is 5.04. The lowest BCUT2D eigenvalue weighted by atomic mass is 9.69. The van der Waals surface area contributed by atoms with Gasteiger partial charge in [-0.1, -0.05) is 20.8 Å². The molecule has 2 rings (SSSR count). The van der Waals surface area contributed by atoms with Crippen molar-refractivity contribution in [3.05, 3.63) is 28.2 Å². The van der Waals surface area contributed by atoms with Gasteiger partial charge in [0.25, 0.3) is 5.56 Å². The molecule has 1 aliphatic carbocycles. The number of aliphatic hydroxyl groups is 1. The fourth-order valence-electron chi connectivity index (χ4n) is 3.16. The Bertz CT molecular complexity index is 502. The number of hydrogen-bond donors (Lipinski definition) is 1. The highest BCUT2D eigenvalue weighted by atomic mass is 16.3. The van der Waals surface area contributed by atoms with Crippen molar-refractivity contribution in [2.24, 2.45) is 11.3 Å². The molecule has 0 aromatic carbocycles. The number of nitrogens with zero attached hydrogens (tertiary/aromatic N) is 2. The Morgan fingerprint density at radius 2 is 2.05 bits per heavy atom. The molecule has 0 saturated heterocycles. The molecule has 1 fully saturated rings. The number of aromatic nitrogens is 2. The Labute approximate surface area is 114 Å². The van der Waals surface area contributed by atoms with E-state index in [2.05, 4.69) is 25.9 Å². The van der Waals surface area contributed by atoms with E-state index in [9.17, 15) is 9.90 Å². The van der Waals surface area contributed by atoms with Crippen LogP contribution in [-0.2, 0) is 0 Å². The monoisotopic (exact) mass is 264 g/mol. The van der Waals surface area contributed by atoms with E-state index in [1.807, 2.05) is 6.92 Å². The molecule has 1 aromatic rings. The second-order valence-electron chi connectivity index (χ2n) is 6.82. The number of aliphatic hydroxyl groups excluding tert-OH is 1. The standard InChI is InChI=1S/C15H24N2O2/c1-10-7-14(19)17(16-9-10)13-8-11(18)5-6-12(13)15(2,3)4/h7,9,11-13,18H,5-6,8H2,1-4H3. The van der Waals surface area contributed by atoms with Crippen molar-refractivity contribution in [2.45, 2.75) is 59.1 Å². The Balaban J connectivity index is 2.40. The van der Waals surface area contributed by atoms with Gasteiger partial charge in [0, 0.05) is 6.07 Å². The molecule has 0 radical (unpaired) electrons. The fourth-order valence-corrected chi connectivity index (χ4v) is 3.16. The summed E-state index contributed by atoms with van der Waals surface area (Å²) in [4.78, 5) is 12.1. The molecule has 3 unspecified atom stereocenters. The van der Waals surface area contributed by atoms with Crippen molar-refractivity contribution in [1.29, 1.82) is 0 Å². The maximum absolute atomic E-state index is 12.1. The average molecular weight is 264 g/mol. The summed E-state index contributed by atoms with van der Waals surface area (Å²) in [7, 11) is 0. The van der Waals surface area contributed by atoms with Gasteiger partial charge in [-0.25, -0.2) is 4.68 Å². The van der Waals surface area contributed by atoms with Gasteiger partial charge in [-0.2, -0.15) is 5.10 Å². The van der Waals surface area contributed by atoms with Gasteiger partial charge in [0.05, 0.1) is 18.3 Å². The van der Waals surface area contributed by atoms with Crippen LogP contribution in [-0.4, -0.2) is 21.0 Å². The van der Waals surface area contributed by atoms with Crippen molar-refractivity contribution in [3.8, 4) is 0 Å². The first kappa shape index (κ1) is 14.3. The molecule has 4 heteroatoms. The van der Waals surface area contributed by atoms with Crippen molar-refractivity contribution >= 4 is 0 Å². The summed E-state index contributed by atoms with van der Waals surface area (Å²) in [5, 5.41) is 14.2. The predicted octanol–water partition coefficient (Wildman–Crippen LogP) is 2.30. The largest absolute Gasteiger partial charge is 0.393 e. The topological polar surface area (TPSA) is 55.1 Å². The van der Waals surface area contributed by atoms with Crippen LogP contribution >= 0.6 is 0 Å². The van der Waals surface area contributed by atoms with Gasteiger partial charge in [0.2, 0.25) is 0 Å². The fraction of sp³-hybridized carbons (Fsp3) is 0.733. The molecule has 1 aromatic heterocycles. The van der Waals surface area contributed by atoms with E-state index in [1.165, 1.54) is 0 Å². The van der Waals surface area contributed by atoms with Gasteiger partial charge in [0.15, 0.2) is 0 Å². The molecule has 19 heavy (non-hydrogen) atoms. The summed E-state index contributed by atoms with van der Waals surface area (Å²) in [6, 6.07) is 1.62. The summed E-state index contributed by atoms with van der Waals surface area (Å²) in [6.45, 7) is 8.46. The first-order chi connectivity index (χ1) is 8.79. The van der Waals surface area contributed by atoms with Gasteiger partial charge in [-0.15, -0.1) is 0 Å². The maximum atomic E-state index is 12.1. The zero-order chi connectivity index (χ0) is 14.2. The summed E-state index contributed by atoms with van der Waals surface area (Å²) < 4.78 is 1.57. The molecule has 0 aliphatic heterocycles. The Morgan fingerprint density at radius 3 is 2.63 bits per heavy atom. The minimum Gasteiger partial charge on any atom is -0.393 e. The van der Waals surface area contributed by atoms with Gasteiger partial charge >= 0.3 is 0 Å². The van der Waals surface area contributed by atoms with Crippen LogP contribution < -0.4 is 5.56 Å². The first-order valence-electron chi connectivity index (χ1n) is 7.02. The second-order valence-corrected chi connectivity index (χ2v) is 6.82. The minimum atomic E-state index is -0.321. The number of hydrogen-bond acceptors (Lipinski definition) is 3. The van der Waals surface area contributed by atoms with E-state index in [1.54, 1.807) is 16.9 Å². The molecule has 1 aliphatic rings. The first-order valence-corrected chi connectivity index (χ1v) is 7.02. The van der Waals surface area contributed by atoms with E-state index in [-0.39, 0.29) is 23.1 Å². The van der Waals surface area contributed by atoms with E-state index in [0.717, 1.165) is 18.4 Å². The Hall–Kier alpha value is -1.16. The molecule has 3 atom stereocenters. The SMILES string of the molecule is Cc1cnn(C2CC(O)CCC2C(C)(C)C)c(=O)c1. The summed E-state index contributed by atoms with van der Waals surface area (Å²) in [6.07, 6.45) is 3.79. The lowest BCUT2D eigenvalue weighted by Gasteiger charge is -2.42. The normalized spacial score (nSPS) is 28.4. The third-order valence-electron chi connectivity index (χ3n) is 4.18. The molecular weight excluding hydrogens is 240 g/mol. The van der Waals surface area contributed by atoms with Crippen LogP contribution in [0.25, 0.3) is 0 Å². The zero-order valence-electron chi connectivity index (χ0n) is 12.3. The van der Waals surface area contributed by atoms with Crippen molar-refractivity contribution in [1.82, 2.24) is 9.78 Å². The van der Waals surface area contributed by atoms with Gasteiger partial charge in [-0.05, 0) is 43.1 Å². The minimum absolute atomic E-state index is 0.00292. The summed E-state index contributed by atoms with van der Waals surface area (Å²) in [5.74, 6) is 0.365. The molecule has 1 saturated carbocycles. The van der Waals surface area contributed by atoms with Crippen LogP contribution in [0.15, 0.2) is 17.1 Å². The molecule has 1 heterocycles. The third-order valence-corrected chi connectivity index (χ3v) is 4.18. The summed E-state index contributed by atoms with van der Waals surface area (Å²) in [5.41, 5.74) is 0.926. The summed E-state index contributed by atoms with van der Waals surface area (Å²) >= 11 is 0. The third kappa shape index (κ3) is 3.06.